The number of nitrogens with zero attached hydrogens (tertiary/aromatic N) is 2. The van der Waals surface area contributed by atoms with E-state index in [0.717, 1.165) is 5.82 Å². The van der Waals surface area contributed by atoms with Crippen molar-refractivity contribution in [1.82, 2.24) is 9.97 Å². The fourth-order valence-electron chi connectivity index (χ4n) is 0.374. The molecule has 8 heavy (non-hydrogen) atoms. The zero-order valence-electron chi connectivity index (χ0n) is 4.53. The van der Waals surface area contributed by atoms with E-state index in [1.165, 1.54) is 0 Å². The molecule has 0 amide bonds. The fraction of sp³-hybridized carbons (Fsp3) is 0.200. The first-order valence-electron chi connectivity index (χ1n) is 2.13. The Morgan fingerprint density at radius 2 is 1.75 bits per heavy atom. The van der Waals surface area contributed by atoms with Crippen LogP contribution in [0.2, 0.25) is 0 Å². The quantitative estimate of drug-likeness (QED) is 0.528. The molecule has 0 unspecified atom stereocenters. The predicted octanol–water partition coefficient (Wildman–Crippen LogP) is 1.21. The maximum Gasteiger partial charge on any atom is 0.125 e. The molecule has 0 aliphatic carbocycles. The van der Waals surface area contributed by atoms with Gasteiger partial charge in [0.15, 0.2) is 0 Å². The molecule has 0 aromatic carbocycles. The predicted molar refractivity (Wildman–Crippen MR) is 34.0 cm³/mol. The van der Waals surface area contributed by atoms with Gasteiger partial charge in [-0.3, -0.25) is 0 Å². The summed E-state index contributed by atoms with van der Waals surface area (Å²) in [5.74, 6) is 0.822. The Bertz CT molecular complexity index is 140. The Labute approximate surface area is 54.4 Å². The zero-order valence-corrected chi connectivity index (χ0v) is 5.35. The van der Waals surface area contributed by atoms with Crippen LogP contribution in [-0.2, 0) is 0 Å². The van der Waals surface area contributed by atoms with Gasteiger partial charge in [-0.2, -0.15) is 0 Å². The van der Waals surface area contributed by atoms with Gasteiger partial charge in [-0.1, -0.05) is 0 Å². The highest BCUT2D eigenvalue weighted by Gasteiger charge is 1.74. The van der Waals surface area contributed by atoms with Crippen LogP contribution in [0.5, 0.6) is 0 Å². The van der Waals surface area contributed by atoms with Gasteiger partial charge in [0.2, 0.25) is 0 Å². The second-order valence-corrected chi connectivity index (χ2v) is 1.30. The van der Waals surface area contributed by atoms with E-state index in [1.807, 2.05) is 6.92 Å². The molecule has 3 heteroatoms. The van der Waals surface area contributed by atoms with Gasteiger partial charge >= 0.3 is 0 Å². The first-order valence-corrected chi connectivity index (χ1v) is 2.13. The molecule has 0 saturated carbocycles. The highest BCUT2D eigenvalue weighted by molar-refractivity contribution is 5.85. The van der Waals surface area contributed by atoms with Crippen LogP contribution in [0.4, 0.5) is 0 Å². The number of hydrogen-bond acceptors (Lipinski definition) is 2. The molecular weight excluding hydrogens is 124 g/mol. The number of halogens is 1. The van der Waals surface area contributed by atoms with Crippen LogP contribution in [0, 0.1) is 6.92 Å². The number of aromatic nitrogens is 2. The largest absolute Gasteiger partial charge is 0.242 e. The van der Waals surface area contributed by atoms with Crippen molar-refractivity contribution in [2.75, 3.05) is 0 Å². The average Bonchev–Trinajstić information content (AvgIpc) is 1.69. The third kappa shape index (κ3) is 1.89. The summed E-state index contributed by atoms with van der Waals surface area (Å²) in [5.41, 5.74) is 0. The molecule has 0 atom stereocenters. The maximum atomic E-state index is 3.87. The first-order chi connectivity index (χ1) is 3.39. The van der Waals surface area contributed by atoms with Crippen LogP contribution in [0.1, 0.15) is 5.82 Å². The molecule has 1 rings (SSSR count). The lowest BCUT2D eigenvalue weighted by Gasteiger charge is -1.81. The van der Waals surface area contributed by atoms with Crippen LogP contribution in [-0.4, -0.2) is 9.97 Å². The highest BCUT2D eigenvalue weighted by Crippen LogP contribution is 1.78. The number of hydrogen-bond donors (Lipinski definition) is 0. The van der Waals surface area contributed by atoms with E-state index in [2.05, 4.69) is 9.97 Å². The molecule has 0 fully saturated rings. The van der Waals surface area contributed by atoms with Gasteiger partial charge in [0.05, 0.1) is 0 Å². The number of aryl methyl sites for hydroxylation is 1. The van der Waals surface area contributed by atoms with E-state index in [4.69, 9.17) is 0 Å². The maximum absolute atomic E-state index is 3.87. The molecule has 0 N–H and O–H groups in total. The van der Waals surface area contributed by atoms with Crippen LogP contribution >= 0.6 is 12.4 Å². The molecular formula is C5H7ClN2. The summed E-state index contributed by atoms with van der Waals surface area (Å²) in [6.45, 7) is 1.86. The third-order valence-corrected chi connectivity index (χ3v) is 0.695. The summed E-state index contributed by atoms with van der Waals surface area (Å²) in [7, 11) is 0. The van der Waals surface area contributed by atoms with Crippen molar-refractivity contribution in [1.29, 1.82) is 0 Å². The molecule has 2 nitrogen and oxygen atoms in total. The van der Waals surface area contributed by atoms with Crippen molar-refractivity contribution in [3.63, 3.8) is 0 Å². The zero-order chi connectivity index (χ0) is 5.11. The van der Waals surface area contributed by atoms with Crippen molar-refractivity contribution in [2.24, 2.45) is 0 Å². The fourth-order valence-corrected chi connectivity index (χ4v) is 0.374. The minimum absolute atomic E-state index is 0. The van der Waals surface area contributed by atoms with Crippen molar-refractivity contribution < 1.29 is 0 Å². The summed E-state index contributed by atoms with van der Waals surface area (Å²) in [6, 6.07) is 1.80. The van der Waals surface area contributed by atoms with Gasteiger partial charge in [0.25, 0.3) is 0 Å². The molecule has 0 aliphatic heterocycles. The Balaban J connectivity index is 0.000000490. The Hall–Kier alpha value is -0.630. The monoisotopic (exact) mass is 130 g/mol. The molecule has 0 bridgehead atoms. The lowest BCUT2D eigenvalue weighted by molar-refractivity contribution is 1.05. The second kappa shape index (κ2) is 3.38. The number of rotatable bonds is 0. The smallest absolute Gasteiger partial charge is 0.125 e. The molecule has 0 spiro atoms. The van der Waals surface area contributed by atoms with E-state index >= 15 is 0 Å². The van der Waals surface area contributed by atoms with Gasteiger partial charge in [-0.15, -0.1) is 12.4 Å². The Morgan fingerprint density at radius 1 is 1.25 bits per heavy atom. The average molecular weight is 131 g/mol. The third-order valence-electron chi connectivity index (χ3n) is 0.695. The van der Waals surface area contributed by atoms with E-state index in [0.29, 0.717) is 0 Å². The minimum atomic E-state index is 0. The standard InChI is InChI=1S/C5H6N2.ClH/c1-5-6-3-2-4-7-5;/h2-4H,1H3;1H. The summed E-state index contributed by atoms with van der Waals surface area (Å²) in [6.07, 6.45) is 3.45. The summed E-state index contributed by atoms with van der Waals surface area (Å²) >= 11 is 0. The van der Waals surface area contributed by atoms with Crippen LogP contribution in [0.3, 0.4) is 0 Å². The minimum Gasteiger partial charge on any atom is -0.242 e. The topological polar surface area (TPSA) is 25.8 Å². The van der Waals surface area contributed by atoms with E-state index in [1.54, 1.807) is 18.5 Å². The molecule has 0 radical (unpaired) electrons. The van der Waals surface area contributed by atoms with Gasteiger partial charge < -0.3 is 0 Å². The Morgan fingerprint density at radius 3 is 2.00 bits per heavy atom. The molecule has 0 saturated heterocycles. The summed E-state index contributed by atoms with van der Waals surface area (Å²) in [4.78, 5) is 7.74. The molecule has 1 aromatic heterocycles. The normalized spacial score (nSPS) is 7.62. The van der Waals surface area contributed by atoms with Gasteiger partial charge in [0.1, 0.15) is 5.82 Å². The van der Waals surface area contributed by atoms with E-state index < -0.39 is 0 Å². The van der Waals surface area contributed by atoms with Crippen LogP contribution in [0.25, 0.3) is 0 Å². The van der Waals surface area contributed by atoms with Crippen molar-refractivity contribution >= 4 is 12.4 Å². The SMILES string of the molecule is Cc1ncccn1.Cl. The summed E-state index contributed by atoms with van der Waals surface area (Å²) in [5, 5.41) is 0. The second-order valence-electron chi connectivity index (χ2n) is 1.30. The molecule has 44 valence electrons. The summed E-state index contributed by atoms with van der Waals surface area (Å²) < 4.78 is 0. The molecule has 0 aliphatic rings. The Kier molecular flexibility index (Phi) is 3.12. The van der Waals surface area contributed by atoms with Crippen LogP contribution < -0.4 is 0 Å². The highest BCUT2D eigenvalue weighted by atomic mass is 35.5. The van der Waals surface area contributed by atoms with E-state index in [9.17, 15) is 0 Å². The molecule has 1 heterocycles. The van der Waals surface area contributed by atoms with Crippen molar-refractivity contribution in [3.8, 4) is 0 Å². The first kappa shape index (κ1) is 7.37. The van der Waals surface area contributed by atoms with Gasteiger partial charge in [-0.25, -0.2) is 9.97 Å². The van der Waals surface area contributed by atoms with Gasteiger partial charge in [0, 0.05) is 12.4 Å². The van der Waals surface area contributed by atoms with Crippen LogP contribution in [0.15, 0.2) is 18.5 Å². The lowest BCUT2D eigenvalue weighted by atomic mass is 10.6. The molecule has 1 aromatic rings. The van der Waals surface area contributed by atoms with E-state index in [-0.39, 0.29) is 12.4 Å². The lowest BCUT2D eigenvalue weighted by Crippen LogP contribution is -1.80. The van der Waals surface area contributed by atoms with Crippen molar-refractivity contribution in [3.05, 3.63) is 24.3 Å². The van der Waals surface area contributed by atoms with Crippen molar-refractivity contribution in [2.45, 2.75) is 6.92 Å². The van der Waals surface area contributed by atoms with Gasteiger partial charge in [-0.05, 0) is 13.0 Å².